The van der Waals surface area contributed by atoms with Crippen LogP contribution in [0.5, 0.6) is 0 Å². The molecule has 0 aromatic carbocycles. The van der Waals surface area contributed by atoms with Crippen LogP contribution in [0.2, 0.25) is 0 Å². The smallest absolute Gasteiger partial charge is 0.200 e. The van der Waals surface area contributed by atoms with Crippen molar-refractivity contribution < 1.29 is 8.83 Å². The fourth-order valence-electron chi connectivity index (χ4n) is 2.51. The van der Waals surface area contributed by atoms with Crippen LogP contribution in [-0.2, 0) is 14.1 Å². The standard InChI is InChI=1S/C17H18N6O2S2/c1-22-14(12-6-3-8-24-12)18-20-16(22)26-10-5-11-27-17-21-19-15(23(17)2)13-7-4-9-25-13/h3-4,6-9H,5,10-11H2,1-2H3. The quantitative estimate of drug-likeness (QED) is 0.325. The molecule has 0 aliphatic rings. The number of nitrogens with zero attached hydrogens (tertiary/aromatic N) is 6. The molecule has 4 heterocycles. The van der Waals surface area contributed by atoms with Crippen LogP contribution < -0.4 is 0 Å². The van der Waals surface area contributed by atoms with E-state index in [0.717, 1.165) is 51.4 Å². The van der Waals surface area contributed by atoms with Crippen LogP contribution in [0.4, 0.5) is 0 Å². The Kier molecular flexibility index (Phi) is 5.35. The SMILES string of the molecule is Cn1c(SCCCSc2nnc(-c3ccco3)n2C)nnc1-c1ccco1. The predicted molar refractivity (Wildman–Crippen MR) is 103 cm³/mol. The summed E-state index contributed by atoms with van der Waals surface area (Å²) >= 11 is 3.37. The minimum absolute atomic E-state index is 0.724. The van der Waals surface area contributed by atoms with Gasteiger partial charge >= 0.3 is 0 Å². The summed E-state index contributed by atoms with van der Waals surface area (Å²) in [7, 11) is 3.90. The molecule has 0 bridgehead atoms. The van der Waals surface area contributed by atoms with Crippen molar-refractivity contribution >= 4 is 23.5 Å². The van der Waals surface area contributed by atoms with Gasteiger partial charge in [-0.2, -0.15) is 0 Å². The Labute approximate surface area is 164 Å². The first-order valence-electron chi connectivity index (χ1n) is 8.36. The fraction of sp³-hybridized carbons (Fsp3) is 0.294. The highest BCUT2D eigenvalue weighted by atomic mass is 32.2. The van der Waals surface area contributed by atoms with E-state index in [0.29, 0.717) is 0 Å². The van der Waals surface area contributed by atoms with Gasteiger partial charge in [-0.15, -0.1) is 20.4 Å². The molecule has 4 aromatic rings. The van der Waals surface area contributed by atoms with Crippen molar-refractivity contribution in [3.63, 3.8) is 0 Å². The van der Waals surface area contributed by atoms with E-state index in [9.17, 15) is 0 Å². The molecule has 10 heteroatoms. The van der Waals surface area contributed by atoms with Crippen molar-refractivity contribution in [3.8, 4) is 23.2 Å². The Hall–Kier alpha value is -2.46. The summed E-state index contributed by atoms with van der Waals surface area (Å²) in [6.45, 7) is 0. The second-order valence-corrected chi connectivity index (χ2v) is 7.86. The molecule has 0 saturated carbocycles. The molecule has 4 aromatic heterocycles. The molecule has 140 valence electrons. The van der Waals surface area contributed by atoms with E-state index >= 15 is 0 Å². The lowest BCUT2D eigenvalue weighted by Gasteiger charge is -2.03. The van der Waals surface area contributed by atoms with Crippen LogP contribution in [0.1, 0.15) is 6.42 Å². The maximum absolute atomic E-state index is 5.39. The van der Waals surface area contributed by atoms with Gasteiger partial charge in [-0.05, 0) is 30.7 Å². The van der Waals surface area contributed by atoms with Gasteiger partial charge in [0.2, 0.25) is 0 Å². The average molecular weight is 403 g/mol. The molecule has 0 spiro atoms. The van der Waals surface area contributed by atoms with Crippen LogP contribution in [0.15, 0.2) is 55.9 Å². The minimum Gasteiger partial charge on any atom is -0.461 e. The third-order valence-corrected chi connectivity index (χ3v) is 6.12. The van der Waals surface area contributed by atoms with Gasteiger partial charge in [0.15, 0.2) is 33.5 Å². The van der Waals surface area contributed by atoms with Gasteiger partial charge < -0.3 is 18.0 Å². The van der Waals surface area contributed by atoms with E-state index in [1.54, 1.807) is 36.1 Å². The molecule has 0 unspecified atom stereocenters. The van der Waals surface area contributed by atoms with Gasteiger partial charge in [-0.1, -0.05) is 23.5 Å². The zero-order valence-corrected chi connectivity index (χ0v) is 16.5. The first kappa shape index (κ1) is 17.9. The van der Waals surface area contributed by atoms with Crippen molar-refractivity contribution in [1.82, 2.24) is 29.5 Å². The number of furan rings is 2. The second kappa shape index (κ2) is 8.05. The van der Waals surface area contributed by atoms with Crippen molar-refractivity contribution in [2.75, 3.05) is 11.5 Å². The molecule has 0 saturated heterocycles. The molecular formula is C17H18N6O2S2. The average Bonchev–Trinajstić information content (AvgIpc) is 3.44. The Bertz CT molecular complexity index is 911. The molecule has 27 heavy (non-hydrogen) atoms. The third kappa shape index (κ3) is 3.81. The zero-order chi connectivity index (χ0) is 18.6. The fourth-order valence-corrected chi connectivity index (χ4v) is 4.39. The van der Waals surface area contributed by atoms with E-state index in [2.05, 4.69) is 20.4 Å². The van der Waals surface area contributed by atoms with Gasteiger partial charge in [0.05, 0.1) is 12.5 Å². The number of thioether (sulfide) groups is 2. The van der Waals surface area contributed by atoms with Crippen molar-refractivity contribution in [2.24, 2.45) is 14.1 Å². The van der Waals surface area contributed by atoms with Gasteiger partial charge in [-0.25, -0.2) is 0 Å². The summed E-state index contributed by atoms with van der Waals surface area (Å²) in [5.74, 6) is 4.81. The van der Waals surface area contributed by atoms with Gasteiger partial charge in [0.25, 0.3) is 0 Å². The molecular weight excluding hydrogens is 384 g/mol. The molecule has 0 fully saturated rings. The lowest BCUT2D eigenvalue weighted by molar-refractivity contribution is 0.572. The number of aromatic nitrogens is 6. The Balaban J connectivity index is 1.27. The summed E-state index contributed by atoms with van der Waals surface area (Å²) in [6.07, 6.45) is 4.29. The summed E-state index contributed by atoms with van der Waals surface area (Å²) < 4.78 is 14.7. The van der Waals surface area contributed by atoms with Crippen LogP contribution in [0, 0.1) is 0 Å². The van der Waals surface area contributed by atoms with E-state index < -0.39 is 0 Å². The third-order valence-electron chi connectivity index (χ3n) is 3.90. The summed E-state index contributed by atoms with van der Waals surface area (Å²) in [6, 6.07) is 7.45. The second-order valence-electron chi connectivity index (χ2n) is 5.74. The Morgan fingerprint density at radius 2 is 1.26 bits per heavy atom. The van der Waals surface area contributed by atoms with Crippen molar-refractivity contribution in [2.45, 2.75) is 16.7 Å². The Morgan fingerprint density at radius 3 is 1.67 bits per heavy atom. The Morgan fingerprint density at radius 1 is 0.778 bits per heavy atom. The van der Waals surface area contributed by atoms with Gasteiger partial charge in [0, 0.05) is 25.6 Å². The molecule has 0 atom stereocenters. The zero-order valence-electron chi connectivity index (χ0n) is 14.9. The van der Waals surface area contributed by atoms with Gasteiger partial charge in [0.1, 0.15) is 0 Å². The molecule has 0 radical (unpaired) electrons. The van der Waals surface area contributed by atoms with E-state index in [1.165, 1.54) is 0 Å². The number of hydrogen-bond donors (Lipinski definition) is 0. The maximum Gasteiger partial charge on any atom is 0.200 e. The normalized spacial score (nSPS) is 11.3. The highest BCUT2D eigenvalue weighted by Gasteiger charge is 2.14. The highest BCUT2D eigenvalue weighted by Crippen LogP contribution is 2.26. The number of hydrogen-bond acceptors (Lipinski definition) is 8. The van der Waals surface area contributed by atoms with Crippen LogP contribution in [0.3, 0.4) is 0 Å². The predicted octanol–water partition coefficient (Wildman–Crippen LogP) is 3.74. The van der Waals surface area contributed by atoms with Crippen LogP contribution in [-0.4, -0.2) is 41.0 Å². The summed E-state index contributed by atoms with van der Waals surface area (Å²) in [5, 5.41) is 18.7. The minimum atomic E-state index is 0.724. The van der Waals surface area contributed by atoms with E-state index in [-0.39, 0.29) is 0 Å². The molecule has 8 nitrogen and oxygen atoms in total. The van der Waals surface area contributed by atoms with E-state index in [4.69, 9.17) is 8.83 Å². The lowest BCUT2D eigenvalue weighted by Crippen LogP contribution is -1.96. The lowest BCUT2D eigenvalue weighted by atomic mass is 10.4. The van der Waals surface area contributed by atoms with Crippen LogP contribution in [0.25, 0.3) is 23.2 Å². The summed E-state index contributed by atoms with van der Waals surface area (Å²) in [4.78, 5) is 0. The largest absolute Gasteiger partial charge is 0.461 e. The maximum atomic E-state index is 5.39. The molecule has 0 N–H and O–H groups in total. The summed E-state index contributed by atoms with van der Waals surface area (Å²) in [5.41, 5.74) is 0. The van der Waals surface area contributed by atoms with Crippen molar-refractivity contribution in [1.29, 1.82) is 0 Å². The topological polar surface area (TPSA) is 87.7 Å². The van der Waals surface area contributed by atoms with Gasteiger partial charge in [-0.3, -0.25) is 0 Å². The van der Waals surface area contributed by atoms with E-state index in [1.807, 2.05) is 47.5 Å². The van der Waals surface area contributed by atoms with Crippen LogP contribution >= 0.6 is 23.5 Å². The number of rotatable bonds is 8. The first-order valence-corrected chi connectivity index (χ1v) is 10.3. The monoisotopic (exact) mass is 402 g/mol. The molecule has 0 amide bonds. The molecule has 0 aliphatic carbocycles. The van der Waals surface area contributed by atoms with Crippen molar-refractivity contribution in [3.05, 3.63) is 36.8 Å². The molecule has 4 rings (SSSR count). The highest BCUT2D eigenvalue weighted by molar-refractivity contribution is 8.00. The molecule has 0 aliphatic heterocycles. The first-order chi connectivity index (χ1) is 13.2.